The first-order valence-electron chi connectivity index (χ1n) is 8.51. The summed E-state index contributed by atoms with van der Waals surface area (Å²) in [6.07, 6.45) is 2.66. The van der Waals surface area contributed by atoms with Crippen LogP contribution in [-0.2, 0) is 9.53 Å². The zero-order valence-corrected chi connectivity index (χ0v) is 16.3. The number of hydrogen-bond donors (Lipinski definition) is 1. The highest BCUT2D eigenvalue weighted by atomic mass is 32.2. The lowest BCUT2D eigenvalue weighted by atomic mass is 10.2. The van der Waals surface area contributed by atoms with Gasteiger partial charge in [-0.3, -0.25) is 14.6 Å². The average Bonchev–Trinajstić information content (AvgIpc) is 2.91. The van der Waals surface area contributed by atoms with Crippen molar-refractivity contribution in [2.45, 2.75) is 6.42 Å². The molecule has 8 heteroatoms. The van der Waals surface area contributed by atoms with Crippen molar-refractivity contribution in [1.82, 2.24) is 9.80 Å². The van der Waals surface area contributed by atoms with E-state index in [1.165, 1.54) is 18.9 Å². The van der Waals surface area contributed by atoms with E-state index in [4.69, 9.17) is 21.7 Å². The van der Waals surface area contributed by atoms with Gasteiger partial charge in [-0.25, -0.2) is 0 Å². The van der Waals surface area contributed by atoms with Crippen molar-refractivity contribution in [3.8, 4) is 11.5 Å². The van der Waals surface area contributed by atoms with Crippen LogP contribution in [0.2, 0.25) is 0 Å². The predicted molar refractivity (Wildman–Crippen MR) is 106 cm³/mol. The number of thioether (sulfide) groups is 1. The number of carbonyl (C=O) groups excluding carboxylic acids is 1. The van der Waals surface area contributed by atoms with Crippen molar-refractivity contribution in [3.05, 3.63) is 28.7 Å². The summed E-state index contributed by atoms with van der Waals surface area (Å²) in [6.45, 7) is 5.01. The number of benzene rings is 1. The highest BCUT2D eigenvalue weighted by molar-refractivity contribution is 8.26. The quantitative estimate of drug-likeness (QED) is 0.587. The smallest absolute Gasteiger partial charge is 0.266 e. The van der Waals surface area contributed by atoms with Gasteiger partial charge in [0.1, 0.15) is 4.32 Å². The van der Waals surface area contributed by atoms with Gasteiger partial charge in [-0.1, -0.05) is 30.0 Å². The maximum absolute atomic E-state index is 12.7. The lowest BCUT2D eigenvalue weighted by molar-refractivity contribution is -0.122. The number of amides is 1. The number of ether oxygens (including phenoxy) is 2. The van der Waals surface area contributed by atoms with Crippen LogP contribution >= 0.6 is 24.0 Å². The molecule has 140 valence electrons. The third-order valence-electron chi connectivity index (χ3n) is 4.33. The highest BCUT2D eigenvalue weighted by Gasteiger charge is 2.31. The minimum Gasteiger partial charge on any atom is -0.504 e. The Hall–Kier alpha value is -1.61. The molecule has 2 aliphatic rings. The SMILES string of the molecule is COc1cc(/C=C2/SC(=S)N(CCCN3CCOCC3)C2=O)ccc1O. The number of methoxy groups -OCH3 is 1. The Bertz CT molecular complexity index is 717. The van der Waals surface area contributed by atoms with Crippen LogP contribution in [0, 0.1) is 0 Å². The van der Waals surface area contributed by atoms with Crippen LogP contribution in [0.15, 0.2) is 23.1 Å². The number of phenolic OH excluding ortho intramolecular Hbond substituents is 1. The molecule has 0 atom stereocenters. The number of carbonyl (C=O) groups is 1. The molecule has 26 heavy (non-hydrogen) atoms. The molecule has 0 bridgehead atoms. The molecule has 1 aromatic carbocycles. The summed E-state index contributed by atoms with van der Waals surface area (Å²) in [5.41, 5.74) is 0.786. The van der Waals surface area contributed by atoms with Crippen molar-refractivity contribution in [1.29, 1.82) is 0 Å². The van der Waals surface area contributed by atoms with E-state index in [2.05, 4.69) is 4.90 Å². The molecule has 0 spiro atoms. The summed E-state index contributed by atoms with van der Waals surface area (Å²) in [5, 5.41) is 9.68. The molecule has 3 rings (SSSR count). The fourth-order valence-electron chi connectivity index (χ4n) is 2.91. The van der Waals surface area contributed by atoms with E-state index < -0.39 is 0 Å². The fraction of sp³-hybridized carbons (Fsp3) is 0.444. The molecule has 1 amide bonds. The molecule has 0 saturated carbocycles. The molecular weight excluding hydrogens is 372 g/mol. The van der Waals surface area contributed by atoms with E-state index in [9.17, 15) is 9.90 Å². The number of nitrogens with zero attached hydrogens (tertiary/aromatic N) is 2. The summed E-state index contributed by atoms with van der Waals surface area (Å²) in [4.78, 5) is 17.3. The van der Waals surface area contributed by atoms with Crippen LogP contribution in [0.3, 0.4) is 0 Å². The number of morpholine rings is 1. The number of rotatable bonds is 6. The molecule has 0 aliphatic carbocycles. The lowest BCUT2D eigenvalue weighted by Crippen LogP contribution is -2.38. The maximum Gasteiger partial charge on any atom is 0.266 e. The molecule has 0 radical (unpaired) electrons. The maximum atomic E-state index is 12.7. The van der Waals surface area contributed by atoms with E-state index in [-0.39, 0.29) is 11.7 Å². The first-order chi connectivity index (χ1) is 12.6. The molecular formula is C18H22N2O4S2. The standard InChI is InChI=1S/C18H22N2O4S2/c1-23-15-11-13(3-4-14(15)21)12-16-17(22)20(18(25)26-16)6-2-5-19-7-9-24-10-8-19/h3-4,11-12,21H,2,5-10H2,1H3/b16-12+. The molecule has 2 aliphatic heterocycles. The van der Waals surface area contributed by atoms with Gasteiger partial charge >= 0.3 is 0 Å². The van der Waals surface area contributed by atoms with Gasteiger partial charge in [0.25, 0.3) is 5.91 Å². The Balaban J connectivity index is 1.60. The summed E-state index contributed by atoms with van der Waals surface area (Å²) in [6, 6.07) is 4.98. The lowest BCUT2D eigenvalue weighted by Gasteiger charge is -2.27. The predicted octanol–water partition coefficient (Wildman–Crippen LogP) is 2.32. The second-order valence-corrected chi connectivity index (χ2v) is 7.75. The monoisotopic (exact) mass is 394 g/mol. The highest BCUT2D eigenvalue weighted by Crippen LogP contribution is 2.34. The molecule has 2 fully saturated rings. The third-order valence-corrected chi connectivity index (χ3v) is 5.71. The summed E-state index contributed by atoms with van der Waals surface area (Å²) < 4.78 is 11.0. The van der Waals surface area contributed by atoms with Gasteiger partial charge in [-0.2, -0.15) is 0 Å². The van der Waals surface area contributed by atoms with Crippen LogP contribution in [0.1, 0.15) is 12.0 Å². The van der Waals surface area contributed by atoms with Crippen molar-refractivity contribution in [2.24, 2.45) is 0 Å². The van der Waals surface area contributed by atoms with E-state index in [0.717, 1.165) is 44.8 Å². The number of aromatic hydroxyl groups is 1. The Morgan fingerprint density at radius 1 is 1.35 bits per heavy atom. The molecule has 1 N–H and O–H groups in total. The summed E-state index contributed by atoms with van der Waals surface area (Å²) >= 11 is 6.69. The molecule has 6 nitrogen and oxygen atoms in total. The molecule has 0 aromatic heterocycles. The van der Waals surface area contributed by atoms with Crippen molar-refractivity contribution < 1.29 is 19.4 Å². The number of thiocarbonyl (C=S) groups is 1. The fourth-order valence-corrected chi connectivity index (χ4v) is 4.21. The number of hydrogen-bond acceptors (Lipinski definition) is 7. The molecule has 2 heterocycles. The van der Waals surface area contributed by atoms with Crippen molar-refractivity contribution in [2.75, 3.05) is 46.5 Å². The second-order valence-electron chi connectivity index (χ2n) is 6.07. The van der Waals surface area contributed by atoms with Gasteiger partial charge in [0.2, 0.25) is 0 Å². The molecule has 1 aromatic rings. The minimum absolute atomic E-state index is 0.0611. The van der Waals surface area contributed by atoms with Crippen molar-refractivity contribution in [3.63, 3.8) is 0 Å². The van der Waals surface area contributed by atoms with Gasteiger partial charge in [0.05, 0.1) is 25.2 Å². The Kier molecular flexibility index (Phi) is 6.53. The molecule has 0 unspecified atom stereocenters. The third kappa shape index (κ3) is 4.56. The first kappa shape index (κ1) is 19.2. The zero-order valence-electron chi connectivity index (χ0n) is 14.6. The van der Waals surface area contributed by atoms with Gasteiger partial charge < -0.3 is 14.6 Å². The largest absolute Gasteiger partial charge is 0.504 e. The van der Waals surface area contributed by atoms with Crippen molar-refractivity contribution >= 4 is 40.3 Å². The Labute approximate surface area is 162 Å². The Morgan fingerprint density at radius 2 is 2.12 bits per heavy atom. The Morgan fingerprint density at radius 3 is 2.85 bits per heavy atom. The van der Waals surface area contributed by atoms with Crippen LogP contribution in [-0.4, -0.2) is 71.6 Å². The topological polar surface area (TPSA) is 62.2 Å². The second kappa shape index (κ2) is 8.85. The van der Waals surface area contributed by atoms with Gasteiger partial charge in [0.15, 0.2) is 11.5 Å². The van der Waals surface area contributed by atoms with Crippen LogP contribution in [0.5, 0.6) is 11.5 Å². The first-order valence-corrected chi connectivity index (χ1v) is 9.73. The normalized spacial score (nSPS) is 20.2. The van der Waals surface area contributed by atoms with Gasteiger partial charge in [-0.05, 0) is 30.2 Å². The minimum atomic E-state index is -0.0611. The van der Waals surface area contributed by atoms with Crippen LogP contribution < -0.4 is 4.74 Å². The van der Waals surface area contributed by atoms with E-state index in [1.54, 1.807) is 29.2 Å². The zero-order chi connectivity index (χ0) is 18.5. The van der Waals surface area contributed by atoms with Gasteiger partial charge in [0, 0.05) is 26.2 Å². The van der Waals surface area contributed by atoms with E-state index in [1.807, 2.05) is 0 Å². The van der Waals surface area contributed by atoms with Crippen LogP contribution in [0.25, 0.3) is 6.08 Å². The van der Waals surface area contributed by atoms with E-state index >= 15 is 0 Å². The average molecular weight is 395 g/mol. The van der Waals surface area contributed by atoms with Gasteiger partial charge in [-0.15, -0.1) is 0 Å². The summed E-state index contributed by atoms with van der Waals surface area (Å²) in [5.74, 6) is 0.383. The van der Waals surface area contributed by atoms with E-state index in [0.29, 0.717) is 21.5 Å². The molecule has 2 saturated heterocycles. The summed E-state index contributed by atoms with van der Waals surface area (Å²) in [7, 11) is 1.49. The van der Waals surface area contributed by atoms with Crippen LogP contribution in [0.4, 0.5) is 0 Å². The number of phenols is 1.